The first kappa shape index (κ1) is 17.9. The normalized spacial score (nSPS) is 22.9. The summed E-state index contributed by atoms with van der Waals surface area (Å²) < 4.78 is 11.8. The molecule has 1 saturated heterocycles. The third-order valence-corrected chi connectivity index (χ3v) is 5.85. The van der Waals surface area contributed by atoms with Crippen molar-refractivity contribution in [2.75, 3.05) is 25.2 Å². The molecule has 25 heavy (non-hydrogen) atoms. The van der Waals surface area contributed by atoms with Crippen LogP contribution in [0.1, 0.15) is 13.3 Å². The molecule has 2 atom stereocenters. The van der Waals surface area contributed by atoms with E-state index >= 15 is 0 Å². The summed E-state index contributed by atoms with van der Waals surface area (Å²) in [7, 11) is 1.33. The molecule has 0 bridgehead atoms. The van der Waals surface area contributed by atoms with Crippen LogP contribution in [0.15, 0.2) is 12.7 Å². The second-order valence-electron chi connectivity index (χ2n) is 5.59. The fourth-order valence-electron chi connectivity index (χ4n) is 3.13. The highest BCUT2D eigenvalue weighted by Gasteiger charge is 2.54. The molecule has 3 rings (SSSR count). The van der Waals surface area contributed by atoms with Gasteiger partial charge in [0.2, 0.25) is 0 Å². The number of hydrogen-bond donors (Lipinski definition) is 0. The summed E-state index contributed by atoms with van der Waals surface area (Å²) in [5.74, 6) is -0.0419. The van der Waals surface area contributed by atoms with E-state index in [9.17, 15) is 9.59 Å². The molecular formula is C15H17ClN4O4S. The predicted molar refractivity (Wildman–Crippen MR) is 92.4 cm³/mol. The highest BCUT2D eigenvalue weighted by molar-refractivity contribution is 7.99. The van der Waals surface area contributed by atoms with Gasteiger partial charge >= 0.3 is 11.9 Å². The van der Waals surface area contributed by atoms with E-state index in [-0.39, 0.29) is 23.5 Å². The van der Waals surface area contributed by atoms with E-state index in [2.05, 4.69) is 15.0 Å². The SMILES string of the molecule is CCOC(=O)C[C@@H]1CSC[C@]1(C(=O)OC)n1cnc2c(Cl)ncnc21. The molecule has 134 valence electrons. The maximum atomic E-state index is 12.8. The Kier molecular flexibility index (Phi) is 5.14. The number of ether oxygens (including phenoxy) is 2. The number of thioether (sulfide) groups is 1. The molecule has 8 nitrogen and oxygen atoms in total. The number of carbonyl (C=O) groups excluding carboxylic acids is 2. The monoisotopic (exact) mass is 384 g/mol. The van der Waals surface area contributed by atoms with Crippen LogP contribution in [0.4, 0.5) is 0 Å². The molecular weight excluding hydrogens is 368 g/mol. The Labute approximate surface area is 153 Å². The van der Waals surface area contributed by atoms with Gasteiger partial charge in [-0.2, -0.15) is 11.8 Å². The van der Waals surface area contributed by atoms with Gasteiger partial charge in [0.25, 0.3) is 0 Å². The smallest absolute Gasteiger partial charge is 0.333 e. The van der Waals surface area contributed by atoms with E-state index < -0.39 is 11.5 Å². The van der Waals surface area contributed by atoms with Crippen LogP contribution in [0.5, 0.6) is 0 Å². The topological polar surface area (TPSA) is 96.2 Å². The zero-order valence-corrected chi connectivity index (χ0v) is 15.3. The molecule has 3 heterocycles. The number of hydrogen-bond acceptors (Lipinski definition) is 8. The fourth-order valence-corrected chi connectivity index (χ4v) is 4.90. The number of halogens is 1. The highest BCUT2D eigenvalue weighted by Crippen LogP contribution is 2.44. The average molecular weight is 385 g/mol. The van der Waals surface area contributed by atoms with Gasteiger partial charge in [0.1, 0.15) is 11.8 Å². The van der Waals surface area contributed by atoms with Gasteiger partial charge in [-0.05, 0) is 12.7 Å². The predicted octanol–water partition coefficient (Wildman–Crippen LogP) is 1.66. The molecule has 10 heteroatoms. The summed E-state index contributed by atoms with van der Waals surface area (Å²) in [6.07, 6.45) is 2.93. The molecule has 0 spiro atoms. The number of aromatic nitrogens is 4. The first-order valence-electron chi connectivity index (χ1n) is 7.70. The second-order valence-corrected chi connectivity index (χ2v) is 6.98. The summed E-state index contributed by atoms with van der Waals surface area (Å²) >= 11 is 7.65. The average Bonchev–Trinajstić information content (AvgIpc) is 3.20. The van der Waals surface area contributed by atoms with Crippen molar-refractivity contribution < 1.29 is 19.1 Å². The third kappa shape index (κ3) is 2.95. The Morgan fingerprint density at radius 1 is 1.44 bits per heavy atom. The van der Waals surface area contributed by atoms with Crippen LogP contribution in [0.2, 0.25) is 5.15 Å². The van der Waals surface area contributed by atoms with Crippen LogP contribution < -0.4 is 0 Å². The van der Waals surface area contributed by atoms with E-state index in [1.54, 1.807) is 23.3 Å². The third-order valence-electron chi connectivity index (χ3n) is 4.29. The first-order chi connectivity index (χ1) is 12.0. The fraction of sp³-hybridized carbons (Fsp3) is 0.533. The van der Waals surface area contributed by atoms with Crippen LogP contribution in [0.25, 0.3) is 11.2 Å². The van der Waals surface area contributed by atoms with Crippen LogP contribution in [-0.2, 0) is 24.6 Å². The molecule has 0 aromatic carbocycles. The van der Waals surface area contributed by atoms with Crippen LogP contribution in [-0.4, -0.2) is 56.7 Å². The summed E-state index contributed by atoms with van der Waals surface area (Å²) in [5, 5.41) is 0.205. The van der Waals surface area contributed by atoms with Gasteiger partial charge in [-0.15, -0.1) is 0 Å². The van der Waals surface area contributed by atoms with E-state index in [0.717, 1.165) is 0 Å². The maximum absolute atomic E-state index is 12.8. The number of imidazole rings is 1. The Balaban J connectivity index is 2.11. The van der Waals surface area contributed by atoms with E-state index in [1.165, 1.54) is 19.8 Å². The quantitative estimate of drug-likeness (QED) is 0.567. The Morgan fingerprint density at radius 3 is 2.96 bits per heavy atom. The summed E-state index contributed by atoms with van der Waals surface area (Å²) in [4.78, 5) is 37.2. The van der Waals surface area contributed by atoms with Gasteiger partial charge < -0.3 is 9.47 Å². The number of carbonyl (C=O) groups is 2. The molecule has 1 fully saturated rings. The largest absolute Gasteiger partial charge is 0.467 e. The van der Waals surface area contributed by atoms with Crippen molar-refractivity contribution in [3.05, 3.63) is 17.8 Å². The van der Waals surface area contributed by atoms with Crippen molar-refractivity contribution in [1.29, 1.82) is 0 Å². The number of methoxy groups -OCH3 is 1. The lowest BCUT2D eigenvalue weighted by Crippen LogP contribution is -2.49. The molecule has 0 aliphatic carbocycles. The molecule has 2 aromatic rings. The molecule has 0 radical (unpaired) electrons. The number of esters is 2. The zero-order valence-electron chi connectivity index (χ0n) is 13.8. The zero-order chi connectivity index (χ0) is 18.0. The number of fused-ring (bicyclic) bond motifs is 1. The summed E-state index contributed by atoms with van der Waals surface area (Å²) in [5.41, 5.74) is -0.264. The van der Waals surface area contributed by atoms with Crippen molar-refractivity contribution in [2.45, 2.75) is 18.9 Å². The van der Waals surface area contributed by atoms with Gasteiger partial charge in [-0.3, -0.25) is 9.36 Å². The molecule has 1 aliphatic rings. The minimum absolute atomic E-state index is 0.106. The minimum Gasteiger partial charge on any atom is -0.467 e. The minimum atomic E-state index is -1.10. The van der Waals surface area contributed by atoms with Crippen LogP contribution in [0.3, 0.4) is 0 Å². The molecule has 2 aromatic heterocycles. The van der Waals surface area contributed by atoms with Crippen molar-refractivity contribution >= 4 is 46.5 Å². The Bertz CT molecular complexity index is 814. The summed E-state index contributed by atoms with van der Waals surface area (Å²) in [6.45, 7) is 2.04. The van der Waals surface area contributed by atoms with Crippen molar-refractivity contribution in [1.82, 2.24) is 19.5 Å². The molecule has 1 aliphatic heterocycles. The van der Waals surface area contributed by atoms with E-state index in [4.69, 9.17) is 21.1 Å². The van der Waals surface area contributed by atoms with Gasteiger partial charge in [-0.1, -0.05) is 11.6 Å². The van der Waals surface area contributed by atoms with Gasteiger partial charge in [0, 0.05) is 11.7 Å². The molecule has 0 unspecified atom stereocenters. The Hall–Kier alpha value is -1.87. The van der Waals surface area contributed by atoms with Crippen LogP contribution >= 0.6 is 23.4 Å². The van der Waals surface area contributed by atoms with Gasteiger partial charge in [-0.25, -0.2) is 19.7 Å². The lowest BCUT2D eigenvalue weighted by atomic mass is 9.84. The van der Waals surface area contributed by atoms with Gasteiger partial charge in [0.15, 0.2) is 16.3 Å². The molecule has 0 saturated carbocycles. The van der Waals surface area contributed by atoms with Crippen LogP contribution in [0, 0.1) is 5.92 Å². The van der Waals surface area contributed by atoms with Crippen molar-refractivity contribution in [2.24, 2.45) is 5.92 Å². The number of rotatable bonds is 5. The van der Waals surface area contributed by atoms with Crippen molar-refractivity contribution in [3.63, 3.8) is 0 Å². The molecule has 0 N–H and O–H groups in total. The standard InChI is InChI=1S/C15H17ClN4O4S/c1-3-24-10(21)4-9-5-25-6-15(9,14(22)23-2)20-8-19-11-12(16)17-7-18-13(11)20/h7-9H,3-6H2,1-2H3/t9-,15+/m1/s1. The van der Waals surface area contributed by atoms with Gasteiger partial charge in [0.05, 0.1) is 26.5 Å². The lowest BCUT2D eigenvalue weighted by Gasteiger charge is -2.33. The summed E-state index contributed by atoms with van der Waals surface area (Å²) in [6, 6.07) is 0. The van der Waals surface area contributed by atoms with Crippen molar-refractivity contribution in [3.8, 4) is 0 Å². The highest BCUT2D eigenvalue weighted by atomic mass is 35.5. The van der Waals surface area contributed by atoms with E-state index in [0.29, 0.717) is 29.3 Å². The maximum Gasteiger partial charge on any atom is 0.333 e. The second kappa shape index (κ2) is 7.17. The Morgan fingerprint density at radius 2 is 2.24 bits per heavy atom. The van der Waals surface area contributed by atoms with E-state index in [1.807, 2.05) is 0 Å². The molecule has 0 amide bonds. The first-order valence-corrected chi connectivity index (χ1v) is 9.23. The number of nitrogens with zero attached hydrogens (tertiary/aromatic N) is 4. The lowest BCUT2D eigenvalue weighted by molar-refractivity contribution is -0.154.